The molecule has 0 saturated carbocycles. The summed E-state index contributed by atoms with van der Waals surface area (Å²) < 4.78 is 6.14. The van der Waals surface area contributed by atoms with Crippen LogP contribution in [0.4, 0.5) is 5.69 Å². The second-order valence-corrected chi connectivity index (χ2v) is 8.78. The number of rotatable bonds is 7. The molecule has 0 atom stereocenters. The molecule has 156 valence electrons. The van der Waals surface area contributed by atoms with Crippen molar-refractivity contribution < 1.29 is 14.3 Å². The van der Waals surface area contributed by atoms with Gasteiger partial charge in [0.1, 0.15) is 10.1 Å². The molecule has 0 radical (unpaired) electrons. The number of hydrogen-bond acceptors (Lipinski definition) is 5. The van der Waals surface area contributed by atoms with Crippen molar-refractivity contribution in [1.82, 2.24) is 4.90 Å². The van der Waals surface area contributed by atoms with Crippen LogP contribution in [0.3, 0.4) is 0 Å². The van der Waals surface area contributed by atoms with Gasteiger partial charge in [-0.1, -0.05) is 55.2 Å². The molecule has 1 N–H and O–H groups in total. The summed E-state index contributed by atoms with van der Waals surface area (Å²) >= 11 is 6.61. The van der Waals surface area contributed by atoms with Gasteiger partial charge in [0, 0.05) is 11.7 Å². The number of thioether (sulfide) groups is 1. The van der Waals surface area contributed by atoms with Crippen LogP contribution in [0.2, 0.25) is 0 Å². The monoisotopic (exact) mass is 440 g/mol. The fraction of sp³-hybridized carbons (Fsp3) is 0.261. The molecule has 0 aromatic heterocycles. The molecule has 1 aliphatic rings. The number of carbonyl (C=O) groups is 2. The first-order valence-electron chi connectivity index (χ1n) is 9.76. The van der Waals surface area contributed by atoms with Crippen LogP contribution in [0.1, 0.15) is 31.9 Å². The van der Waals surface area contributed by atoms with E-state index in [9.17, 15) is 9.59 Å². The van der Waals surface area contributed by atoms with E-state index >= 15 is 0 Å². The Balaban J connectivity index is 1.55. The molecule has 1 heterocycles. The third-order valence-electron chi connectivity index (χ3n) is 4.53. The number of benzene rings is 2. The number of anilines is 1. The highest BCUT2D eigenvalue weighted by atomic mass is 32.2. The molecule has 7 heteroatoms. The molecule has 5 nitrogen and oxygen atoms in total. The fourth-order valence-electron chi connectivity index (χ4n) is 2.91. The highest BCUT2D eigenvalue weighted by Crippen LogP contribution is 2.34. The normalized spacial score (nSPS) is 15.2. The second-order valence-electron chi connectivity index (χ2n) is 7.10. The number of nitrogens with zero attached hydrogens (tertiary/aromatic N) is 1. The van der Waals surface area contributed by atoms with Crippen LogP contribution in [-0.2, 0) is 16.0 Å². The third-order valence-corrected chi connectivity index (χ3v) is 5.86. The van der Waals surface area contributed by atoms with Crippen LogP contribution >= 0.6 is 24.0 Å². The van der Waals surface area contributed by atoms with Crippen molar-refractivity contribution in [3.63, 3.8) is 0 Å². The zero-order valence-corrected chi connectivity index (χ0v) is 18.8. The summed E-state index contributed by atoms with van der Waals surface area (Å²) in [7, 11) is 0. The highest BCUT2D eigenvalue weighted by molar-refractivity contribution is 8.26. The Morgan fingerprint density at radius 3 is 2.40 bits per heavy atom. The van der Waals surface area contributed by atoms with E-state index < -0.39 is 0 Å². The molecule has 3 rings (SSSR count). The molecule has 2 aromatic carbocycles. The summed E-state index contributed by atoms with van der Waals surface area (Å²) in [5.74, 6) is 0.294. The van der Waals surface area contributed by atoms with E-state index in [2.05, 4.69) is 12.2 Å². The van der Waals surface area contributed by atoms with Gasteiger partial charge in [0.05, 0.1) is 4.91 Å². The number of thiocarbonyl (C=S) groups is 1. The minimum absolute atomic E-state index is 0.0369. The number of aryl methyl sites for hydroxylation is 1. The summed E-state index contributed by atoms with van der Waals surface area (Å²) in [6.07, 6.45) is 2.78. The van der Waals surface area contributed by atoms with Gasteiger partial charge in [-0.25, -0.2) is 0 Å². The van der Waals surface area contributed by atoms with Crippen LogP contribution in [-0.4, -0.2) is 33.7 Å². The number of nitrogens with one attached hydrogen (secondary N) is 1. The van der Waals surface area contributed by atoms with Crippen molar-refractivity contribution in [2.24, 2.45) is 0 Å². The standard InChI is InChI=1S/C23H24N2O3S2/c1-4-16-5-9-18(10-6-16)24-21(26)14-28-19-11-7-17(8-12-19)13-20-22(27)25(15(2)3)23(29)30-20/h5-13,15H,4,14H2,1-3H3,(H,24,26)/b20-13-. The quantitative estimate of drug-likeness (QED) is 0.491. The molecular formula is C23H24N2O3S2. The van der Waals surface area contributed by atoms with Crippen LogP contribution in [0, 0.1) is 0 Å². The maximum absolute atomic E-state index is 12.5. The van der Waals surface area contributed by atoms with E-state index in [1.807, 2.05) is 56.3 Å². The number of ether oxygens (including phenoxy) is 1. The van der Waals surface area contributed by atoms with Gasteiger partial charge in [0.25, 0.3) is 11.8 Å². The summed E-state index contributed by atoms with van der Waals surface area (Å²) in [4.78, 5) is 26.8. The molecular weight excluding hydrogens is 416 g/mol. The molecule has 0 aliphatic carbocycles. The second kappa shape index (κ2) is 9.91. The Morgan fingerprint density at radius 2 is 1.83 bits per heavy atom. The number of carbonyl (C=O) groups excluding carboxylic acids is 2. The summed E-state index contributed by atoms with van der Waals surface area (Å²) in [5, 5.41) is 2.81. The van der Waals surface area contributed by atoms with E-state index in [-0.39, 0.29) is 24.5 Å². The molecule has 0 unspecified atom stereocenters. The largest absolute Gasteiger partial charge is 0.484 e. The van der Waals surface area contributed by atoms with Crippen molar-refractivity contribution in [2.75, 3.05) is 11.9 Å². The average molecular weight is 441 g/mol. The number of hydrogen-bond donors (Lipinski definition) is 1. The predicted octanol–water partition coefficient (Wildman–Crippen LogP) is 4.88. The van der Waals surface area contributed by atoms with Gasteiger partial charge < -0.3 is 10.1 Å². The average Bonchev–Trinajstić information content (AvgIpc) is 3.01. The van der Waals surface area contributed by atoms with Gasteiger partial charge in [-0.05, 0) is 61.7 Å². The molecule has 2 amide bonds. The van der Waals surface area contributed by atoms with Crippen molar-refractivity contribution in [2.45, 2.75) is 33.2 Å². The van der Waals surface area contributed by atoms with Crippen LogP contribution in [0.15, 0.2) is 53.4 Å². The van der Waals surface area contributed by atoms with E-state index in [1.165, 1.54) is 17.3 Å². The molecule has 2 aromatic rings. The topological polar surface area (TPSA) is 58.6 Å². The van der Waals surface area contributed by atoms with Gasteiger partial charge in [-0.2, -0.15) is 0 Å². The molecule has 0 bridgehead atoms. The zero-order chi connectivity index (χ0) is 21.7. The van der Waals surface area contributed by atoms with Crippen molar-refractivity contribution in [3.8, 4) is 5.75 Å². The zero-order valence-electron chi connectivity index (χ0n) is 17.2. The lowest BCUT2D eigenvalue weighted by Crippen LogP contribution is -2.34. The van der Waals surface area contributed by atoms with Gasteiger partial charge in [-0.15, -0.1) is 0 Å². The first kappa shape index (κ1) is 22.1. The van der Waals surface area contributed by atoms with Gasteiger partial charge in [0.15, 0.2) is 6.61 Å². The maximum atomic E-state index is 12.5. The molecule has 1 saturated heterocycles. The van der Waals surface area contributed by atoms with Crippen LogP contribution in [0.5, 0.6) is 5.75 Å². The van der Waals surface area contributed by atoms with Gasteiger partial charge in [0.2, 0.25) is 0 Å². The van der Waals surface area contributed by atoms with Gasteiger partial charge >= 0.3 is 0 Å². The Morgan fingerprint density at radius 1 is 1.17 bits per heavy atom. The highest BCUT2D eigenvalue weighted by Gasteiger charge is 2.33. The van der Waals surface area contributed by atoms with Crippen molar-refractivity contribution in [3.05, 3.63) is 64.6 Å². The summed E-state index contributed by atoms with van der Waals surface area (Å²) in [6.45, 7) is 5.89. The first-order valence-corrected chi connectivity index (χ1v) is 11.0. The van der Waals surface area contributed by atoms with E-state index in [0.717, 1.165) is 17.7 Å². The Kier molecular flexibility index (Phi) is 7.29. The minimum Gasteiger partial charge on any atom is -0.484 e. The predicted molar refractivity (Wildman–Crippen MR) is 127 cm³/mol. The fourth-order valence-corrected chi connectivity index (χ4v) is 4.43. The molecule has 1 fully saturated rings. The Bertz CT molecular complexity index is 967. The smallest absolute Gasteiger partial charge is 0.266 e. The summed E-state index contributed by atoms with van der Waals surface area (Å²) in [6, 6.07) is 15.0. The third kappa shape index (κ3) is 5.49. The van der Waals surface area contributed by atoms with E-state index in [4.69, 9.17) is 17.0 Å². The lowest BCUT2D eigenvalue weighted by atomic mass is 10.1. The van der Waals surface area contributed by atoms with Crippen molar-refractivity contribution >= 4 is 51.9 Å². The maximum Gasteiger partial charge on any atom is 0.266 e. The van der Waals surface area contributed by atoms with Crippen LogP contribution < -0.4 is 10.1 Å². The minimum atomic E-state index is -0.222. The number of amides is 2. The molecule has 0 spiro atoms. The molecule has 1 aliphatic heterocycles. The van der Waals surface area contributed by atoms with E-state index in [0.29, 0.717) is 15.0 Å². The molecule has 30 heavy (non-hydrogen) atoms. The van der Waals surface area contributed by atoms with Crippen molar-refractivity contribution in [1.29, 1.82) is 0 Å². The lowest BCUT2D eigenvalue weighted by Gasteiger charge is -2.18. The Labute approximate surface area is 186 Å². The first-order chi connectivity index (χ1) is 14.4. The Hall–Kier alpha value is -2.64. The lowest BCUT2D eigenvalue weighted by molar-refractivity contribution is -0.123. The van der Waals surface area contributed by atoms with Gasteiger partial charge in [-0.3, -0.25) is 14.5 Å². The SMILES string of the molecule is CCc1ccc(NC(=O)COc2ccc(/C=C3\SC(=S)N(C(C)C)C3=O)cc2)cc1. The summed E-state index contributed by atoms with van der Waals surface area (Å²) in [5.41, 5.74) is 2.83. The van der Waals surface area contributed by atoms with Crippen LogP contribution in [0.25, 0.3) is 6.08 Å². The van der Waals surface area contributed by atoms with E-state index in [1.54, 1.807) is 17.0 Å².